The summed E-state index contributed by atoms with van der Waals surface area (Å²) in [5.41, 5.74) is 5.05. The number of carbonyl (C=O) groups excluding carboxylic acids is 1. The Morgan fingerprint density at radius 3 is 2.91 bits per heavy atom. The monoisotopic (exact) mass is 158 g/mol. The average molecular weight is 158 g/mol. The van der Waals surface area contributed by atoms with Crippen LogP contribution in [0, 0.1) is 5.41 Å². The predicted molar refractivity (Wildman–Crippen MR) is 41.0 cm³/mol. The van der Waals surface area contributed by atoms with Gasteiger partial charge in [-0.15, -0.1) is 0 Å². The van der Waals surface area contributed by atoms with E-state index in [0.29, 0.717) is 13.1 Å². The highest BCUT2D eigenvalue weighted by Gasteiger charge is 2.40. The van der Waals surface area contributed by atoms with Crippen molar-refractivity contribution in [1.29, 1.82) is 0 Å². The fourth-order valence-corrected chi connectivity index (χ4v) is 1.39. The van der Waals surface area contributed by atoms with Crippen LogP contribution in [0.3, 0.4) is 0 Å². The van der Waals surface area contributed by atoms with E-state index in [2.05, 4.69) is 10.1 Å². The summed E-state index contributed by atoms with van der Waals surface area (Å²) in [5, 5.41) is 3.10. The Balaban J connectivity index is 2.66. The third-order valence-corrected chi connectivity index (χ3v) is 2.25. The number of hydrogen-bond acceptors (Lipinski definition) is 4. The van der Waals surface area contributed by atoms with Crippen molar-refractivity contribution in [2.24, 2.45) is 11.1 Å². The van der Waals surface area contributed by atoms with Crippen LogP contribution in [0.2, 0.25) is 0 Å². The molecule has 0 radical (unpaired) electrons. The Hall–Kier alpha value is -0.610. The van der Waals surface area contributed by atoms with E-state index >= 15 is 0 Å². The van der Waals surface area contributed by atoms with Crippen LogP contribution in [-0.4, -0.2) is 32.7 Å². The lowest BCUT2D eigenvalue weighted by molar-refractivity contribution is -0.151. The summed E-state index contributed by atoms with van der Waals surface area (Å²) in [6, 6.07) is 0. The number of nitrogens with one attached hydrogen (secondary N) is 1. The average Bonchev–Trinajstić information content (AvgIpc) is 2.52. The van der Waals surface area contributed by atoms with Crippen LogP contribution in [0.5, 0.6) is 0 Å². The molecule has 0 spiro atoms. The Morgan fingerprint density at radius 1 is 1.82 bits per heavy atom. The molecule has 4 heteroatoms. The molecule has 64 valence electrons. The van der Waals surface area contributed by atoms with Crippen molar-refractivity contribution in [2.45, 2.75) is 6.42 Å². The molecule has 1 fully saturated rings. The van der Waals surface area contributed by atoms with Crippen molar-refractivity contribution in [3.63, 3.8) is 0 Å². The summed E-state index contributed by atoms with van der Waals surface area (Å²) in [5.74, 6) is -0.190. The molecule has 0 bridgehead atoms. The maximum Gasteiger partial charge on any atom is 0.314 e. The van der Waals surface area contributed by atoms with Gasteiger partial charge in [-0.3, -0.25) is 4.79 Å². The fraction of sp³-hybridized carbons (Fsp3) is 0.857. The first-order valence-electron chi connectivity index (χ1n) is 3.74. The maximum atomic E-state index is 11.2. The molecule has 1 aliphatic rings. The van der Waals surface area contributed by atoms with Gasteiger partial charge in [-0.25, -0.2) is 0 Å². The van der Waals surface area contributed by atoms with Gasteiger partial charge in [0.05, 0.1) is 12.5 Å². The molecule has 11 heavy (non-hydrogen) atoms. The van der Waals surface area contributed by atoms with E-state index in [1.54, 1.807) is 0 Å². The van der Waals surface area contributed by atoms with E-state index < -0.39 is 5.41 Å². The van der Waals surface area contributed by atoms with Crippen LogP contribution >= 0.6 is 0 Å². The van der Waals surface area contributed by atoms with Crippen LogP contribution < -0.4 is 11.1 Å². The summed E-state index contributed by atoms with van der Waals surface area (Å²) in [7, 11) is 1.40. The highest BCUT2D eigenvalue weighted by molar-refractivity contribution is 5.77. The zero-order valence-electron chi connectivity index (χ0n) is 6.72. The van der Waals surface area contributed by atoms with Gasteiger partial charge >= 0.3 is 5.97 Å². The van der Waals surface area contributed by atoms with Gasteiger partial charge in [0.25, 0.3) is 0 Å². The van der Waals surface area contributed by atoms with E-state index in [-0.39, 0.29) is 5.97 Å². The smallest absolute Gasteiger partial charge is 0.314 e. The van der Waals surface area contributed by atoms with Crippen LogP contribution in [0.4, 0.5) is 0 Å². The Bertz CT molecular complexity index is 153. The fourth-order valence-electron chi connectivity index (χ4n) is 1.39. The molecule has 0 aliphatic carbocycles. The van der Waals surface area contributed by atoms with Gasteiger partial charge in [0.1, 0.15) is 0 Å². The van der Waals surface area contributed by atoms with Gasteiger partial charge in [0, 0.05) is 13.1 Å². The molecule has 1 rings (SSSR count). The predicted octanol–water partition coefficient (Wildman–Crippen LogP) is -0.902. The Morgan fingerprint density at radius 2 is 2.55 bits per heavy atom. The van der Waals surface area contributed by atoms with Gasteiger partial charge in [0.15, 0.2) is 0 Å². The topological polar surface area (TPSA) is 64.3 Å². The molecule has 4 nitrogen and oxygen atoms in total. The molecule has 1 atom stereocenters. The summed E-state index contributed by atoms with van der Waals surface area (Å²) >= 11 is 0. The molecular formula is C7H14N2O2. The van der Waals surface area contributed by atoms with E-state index in [1.807, 2.05) is 0 Å². The lowest BCUT2D eigenvalue weighted by Gasteiger charge is -2.22. The van der Waals surface area contributed by atoms with Crippen LogP contribution in [0.1, 0.15) is 6.42 Å². The van der Waals surface area contributed by atoms with Gasteiger partial charge in [-0.2, -0.15) is 0 Å². The van der Waals surface area contributed by atoms with E-state index in [4.69, 9.17) is 5.73 Å². The van der Waals surface area contributed by atoms with Gasteiger partial charge in [-0.05, 0) is 13.0 Å². The number of hydrogen-bond donors (Lipinski definition) is 2. The first-order valence-corrected chi connectivity index (χ1v) is 3.74. The SMILES string of the molecule is COC(=O)C1(CN)CCNC1. The largest absolute Gasteiger partial charge is 0.469 e. The van der Waals surface area contributed by atoms with Crippen LogP contribution in [0.15, 0.2) is 0 Å². The van der Waals surface area contributed by atoms with Crippen molar-refractivity contribution < 1.29 is 9.53 Å². The molecule has 1 unspecified atom stereocenters. The molecule has 0 amide bonds. The molecule has 1 saturated heterocycles. The summed E-state index contributed by atoms with van der Waals surface area (Å²) in [6.07, 6.45) is 0.788. The molecule has 1 heterocycles. The molecule has 0 aromatic rings. The Labute approximate surface area is 66.1 Å². The zero-order chi connectivity index (χ0) is 8.32. The number of ether oxygens (including phenoxy) is 1. The first-order chi connectivity index (χ1) is 5.25. The van der Waals surface area contributed by atoms with Crippen LogP contribution in [-0.2, 0) is 9.53 Å². The number of methoxy groups -OCH3 is 1. The summed E-state index contributed by atoms with van der Waals surface area (Å²) in [4.78, 5) is 11.2. The highest BCUT2D eigenvalue weighted by Crippen LogP contribution is 2.24. The lowest BCUT2D eigenvalue weighted by Crippen LogP contribution is -2.41. The van der Waals surface area contributed by atoms with Crippen molar-refractivity contribution in [1.82, 2.24) is 5.32 Å². The second kappa shape index (κ2) is 3.19. The normalized spacial score (nSPS) is 30.4. The number of nitrogens with two attached hydrogens (primary N) is 1. The second-order valence-electron chi connectivity index (χ2n) is 2.90. The first kappa shape index (κ1) is 8.49. The number of rotatable bonds is 2. The number of carbonyl (C=O) groups is 1. The molecule has 0 aromatic heterocycles. The summed E-state index contributed by atoms with van der Waals surface area (Å²) in [6.45, 7) is 1.87. The van der Waals surface area contributed by atoms with Crippen molar-refractivity contribution in [2.75, 3.05) is 26.7 Å². The molecule has 3 N–H and O–H groups in total. The van der Waals surface area contributed by atoms with Crippen molar-refractivity contribution in [3.05, 3.63) is 0 Å². The molecule has 0 aromatic carbocycles. The molecular weight excluding hydrogens is 144 g/mol. The van der Waals surface area contributed by atoms with Gasteiger partial charge < -0.3 is 15.8 Å². The standard InChI is InChI=1S/C7H14N2O2/c1-11-6(10)7(4-8)2-3-9-5-7/h9H,2-5,8H2,1H3. The minimum absolute atomic E-state index is 0.190. The third kappa shape index (κ3) is 1.36. The lowest BCUT2D eigenvalue weighted by atomic mass is 9.87. The minimum atomic E-state index is -0.450. The van der Waals surface area contributed by atoms with E-state index in [1.165, 1.54) is 7.11 Å². The van der Waals surface area contributed by atoms with Gasteiger partial charge in [0.2, 0.25) is 0 Å². The number of esters is 1. The maximum absolute atomic E-state index is 11.2. The summed E-state index contributed by atoms with van der Waals surface area (Å²) < 4.78 is 4.67. The molecule has 0 saturated carbocycles. The Kier molecular flexibility index (Phi) is 2.46. The molecule has 1 aliphatic heterocycles. The van der Waals surface area contributed by atoms with Gasteiger partial charge in [-0.1, -0.05) is 0 Å². The minimum Gasteiger partial charge on any atom is -0.469 e. The van der Waals surface area contributed by atoms with E-state index in [9.17, 15) is 4.79 Å². The third-order valence-electron chi connectivity index (χ3n) is 2.25. The quantitative estimate of drug-likeness (QED) is 0.511. The van der Waals surface area contributed by atoms with Crippen molar-refractivity contribution >= 4 is 5.97 Å². The zero-order valence-corrected chi connectivity index (χ0v) is 6.72. The van der Waals surface area contributed by atoms with Crippen LogP contribution in [0.25, 0.3) is 0 Å². The van der Waals surface area contributed by atoms with Crippen molar-refractivity contribution in [3.8, 4) is 0 Å². The van der Waals surface area contributed by atoms with E-state index in [0.717, 1.165) is 13.0 Å². The highest BCUT2D eigenvalue weighted by atomic mass is 16.5. The second-order valence-corrected chi connectivity index (χ2v) is 2.90.